The highest BCUT2D eigenvalue weighted by Crippen LogP contribution is 2.22. The number of esters is 1. The molecule has 0 aliphatic heterocycles. The lowest BCUT2D eigenvalue weighted by atomic mass is 9.89. The summed E-state index contributed by atoms with van der Waals surface area (Å²) >= 11 is 0. The van der Waals surface area contributed by atoms with Crippen LogP contribution < -0.4 is 0 Å². The highest BCUT2D eigenvalue weighted by molar-refractivity contribution is 5.69. The van der Waals surface area contributed by atoms with Crippen LogP contribution >= 0.6 is 0 Å². The zero-order valence-corrected chi connectivity index (χ0v) is 14.3. The highest BCUT2D eigenvalue weighted by atomic mass is 16.5. The third-order valence-corrected chi connectivity index (χ3v) is 3.57. The van der Waals surface area contributed by atoms with Gasteiger partial charge in [-0.3, -0.25) is 4.79 Å². The van der Waals surface area contributed by atoms with Crippen molar-refractivity contribution in [1.82, 2.24) is 0 Å². The molecule has 20 heavy (non-hydrogen) atoms. The van der Waals surface area contributed by atoms with Gasteiger partial charge in [0, 0.05) is 6.42 Å². The van der Waals surface area contributed by atoms with Crippen LogP contribution in [0.4, 0.5) is 0 Å². The Labute approximate surface area is 126 Å². The Morgan fingerprint density at radius 2 is 1.45 bits per heavy atom. The van der Waals surface area contributed by atoms with E-state index in [2.05, 4.69) is 27.7 Å². The molecular formula is C18H36O2. The summed E-state index contributed by atoms with van der Waals surface area (Å²) < 4.78 is 5.22. The van der Waals surface area contributed by atoms with Gasteiger partial charge in [0.1, 0.15) is 0 Å². The van der Waals surface area contributed by atoms with Crippen LogP contribution in [0.5, 0.6) is 0 Å². The fourth-order valence-corrected chi connectivity index (χ4v) is 2.24. The Hall–Kier alpha value is -0.530. The molecule has 120 valence electrons. The zero-order valence-electron chi connectivity index (χ0n) is 14.3. The largest absolute Gasteiger partial charge is 0.466 e. The van der Waals surface area contributed by atoms with Crippen molar-refractivity contribution in [2.75, 3.05) is 6.61 Å². The fourth-order valence-electron chi connectivity index (χ4n) is 2.24. The maximum Gasteiger partial charge on any atom is 0.305 e. The first-order valence-corrected chi connectivity index (χ1v) is 8.61. The minimum absolute atomic E-state index is 0.0105. The second-order valence-corrected chi connectivity index (χ2v) is 7.11. The molecule has 0 rings (SSSR count). The van der Waals surface area contributed by atoms with Gasteiger partial charge in [-0.05, 0) is 24.7 Å². The molecule has 0 aliphatic carbocycles. The number of rotatable bonds is 12. The highest BCUT2D eigenvalue weighted by Gasteiger charge is 2.08. The van der Waals surface area contributed by atoms with E-state index in [9.17, 15) is 4.79 Å². The van der Waals surface area contributed by atoms with Crippen molar-refractivity contribution in [2.45, 2.75) is 98.3 Å². The minimum Gasteiger partial charge on any atom is -0.466 e. The normalized spacial score (nSPS) is 11.6. The monoisotopic (exact) mass is 284 g/mol. The Bertz CT molecular complexity index is 228. The summed E-state index contributed by atoms with van der Waals surface area (Å²) in [5.41, 5.74) is 0.478. The molecule has 0 spiro atoms. The van der Waals surface area contributed by atoms with Crippen molar-refractivity contribution < 1.29 is 9.53 Å². The van der Waals surface area contributed by atoms with Crippen LogP contribution in [-0.2, 0) is 9.53 Å². The molecule has 0 saturated carbocycles. The second kappa shape index (κ2) is 12.2. The molecule has 0 radical (unpaired) electrons. The van der Waals surface area contributed by atoms with Gasteiger partial charge in [0.25, 0.3) is 0 Å². The Morgan fingerprint density at radius 1 is 0.850 bits per heavy atom. The molecular weight excluding hydrogens is 248 g/mol. The summed E-state index contributed by atoms with van der Waals surface area (Å²) in [4.78, 5) is 11.4. The lowest BCUT2D eigenvalue weighted by Gasteiger charge is -2.17. The van der Waals surface area contributed by atoms with Crippen molar-refractivity contribution in [3.8, 4) is 0 Å². The summed E-state index contributed by atoms with van der Waals surface area (Å²) in [5.74, 6) is -0.0105. The summed E-state index contributed by atoms with van der Waals surface area (Å²) in [6, 6.07) is 0. The molecule has 2 nitrogen and oxygen atoms in total. The average Bonchev–Trinajstić information content (AvgIpc) is 2.36. The molecule has 0 fully saturated rings. The molecule has 0 heterocycles. The van der Waals surface area contributed by atoms with Gasteiger partial charge in [-0.2, -0.15) is 0 Å². The molecule has 0 N–H and O–H groups in total. The van der Waals surface area contributed by atoms with Gasteiger partial charge in [-0.15, -0.1) is 0 Å². The smallest absolute Gasteiger partial charge is 0.305 e. The SMILES string of the molecule is CCCCCC(=O)OCCCCCCCCC(C)(C)C. The number of ether oxygens (including phenoxy) is 1. The molecule has 2 heteroatoms. The van der Waals surface area contributed by atoms with Gasteiger partial charge in [0.2, 0.25) is 0 Å². The van der Waals surface area contributed by atoms with E-state index in [-0.39, 0.29) is 5.97 Å². The maximum atomic E-state index is 11.4. The van der Waals surface area contributed by atoms with E-state index in [1.165, 1.54) is 38.5 Å². The first-order chi connectivity index (χ1) is 9.45. The van der Waals surface area contributed by atoms with Crippen molar-refractivity contribution in [3.05, 3.63) is 0 Å². The van der Waals surface area contributed by atoms with Crippen molar-refractivity contribution >= 4 is 5.97 Å². The van der Waals surface area contributed by atoms with Crippen molar-refractivity contribution in [2.24, 2.45) is 5.41 Å². The molecule has 0 aliphatic rings. The number of unbranched alkanes of at least 4 members (excludes halogenated alkanes) is 7. The van der Waals surface area contributed by atoms with Crippen LogP contribution in [0, 0.1) is 5.41 Å². The quantitative estimate of drug-likeness (QED) is 0.330. The van der Waals surface area contributed by atoms with Gasteiger partial charge < -0.3 is 4.74 Å². The lowest BCUT2D eigenvalue weighted by molar-refractivity contribution is -0.143. The van der Waals surface area contributed by atoms with Gasteiger partial charge in [0.15, 0.2) is 0 Å². The predicted molar refractivity (Wildman–Crippen MR) is 86.9 cm³/mol. The summed E-state index contributed by atoms with van der Waals surface area (Å²) in [6.45, 7) is 9.69. The van der Waals surface area contributed by atoms with Crippen molar-refractivity contribution in [3.63, 3.8) is 0 Å². The molecule has 0 bridgehead atoms. The van der Waals surface area contributed by atoms with Crippen LogP contribution in [0.3, 0.4) is 0 Å². The van der Waals surface area contributed by atoms with Crippen LogP contribution in [0.1, 0.15) is 98.3 Å². The number of hydrogen-bond donors (Lipinski definition) is 0. The van der Waals surface area contributed by atoms with Crippen LogP contribution in [0.2, 0.25) is 0 Å². The third kappa shape index (κ3) is 15.5. The molecule has 0 aromatic heterocycles. The average molecular weight is 284 g/mol. The molecule has 0 amide bonds. The van der Waals surface area contributed by atoms with Crippen LogP contribution in [0.15, 0.2) is 0 Å². The fraction of sp³-hybridized carbons (Fsp3) is 0.944. The molecule has 0 unspecified atom stereocenters. The van der Waals surface area contributed by atoms with Gasteiger partial charge in [-0.1, -0.05) is 72.6 Å². The van der Waals surface area contributed by atoms with Gasteiger partial charge >= 0.3 is 5.97 Å². The Morgan fingerprint density at radius 3 is 2.05 bits per heavy atom. The van der Waals surface area contributed by atoms with E-state index in [4.69, 9.17) is 4.74 Å². The minimum atomic E-state index is -0.0105. The van der Waals surface area contributed by atoms with E-state index in [1.807, 2.05) is 0 Å². The molecule has 0 atom stereocenters. The second-order valence-electron chi connectivity index (χ2n) is 7.11. The van der Waals surface area contributed by atoms with Crippen LogP contribution in [0.25, 0.3) is 0 Å². The topological polar surface area (TPSA) is 26.3 Å². The van der Waals surface area contributed by atoms with E-state index in [0.29, 0.717) is 18.4 Å². The predicted octanol–water partition coefficient (Wildman–Crippen LogP) is 5.89. The first-order valence-electron chi connectivity index (χ1n) is 8.61. The Kier molecular flexibility index (Phi) is 11.9. The van der Waals surface area contributed by atoms with E-state index in [0.717, 1.165) is 25.7 Å². The van der Waals surface area contributed by atoms with E-state index < -0.39 is 0 Å². The number of carbonyl (C=O) groups excluding carboxylic acids is 1. The van der Waals surface area contributed by atoms with E-state index in [1.54, 1.807) is 0 Å². The number of carbonyl (C=O) groups is 1. The molecule has 0 saturated heterocycles. The van der Waals surface area contributed by atoms with Gasteiger partial charge in [0.05, 0.1) is 6.61 Å². The maximum absolute atomic E-state index is 11.4. The van der Waals surface area contributed by atoms with Crippen LogP contribution in [-0.4, -0.2) is 12.6 Å². The van der Waals surface area contributed by atoms with E-state index >= 15 is 0 Å². The number of hydrogen-bond acceptors (Lipinski definition) is 2. The third-order valence-electron chi connectivity index (χ3n) is 3.57. The summed E-state index contributed by atoms with van der Waals surface area (Å²) in [6.07, 6.45) is 12.7. The summed E-state index contributed by atoms with van der Waals surface area (Å²) in [5, 5.41) is 0. The van der Waals surface area contributed by atoms with Crippen molar-refractivity contribution in [1.29, 1.82) is 0 Å². The molecule has 0 aromatic carbocycles. The summed E-state index contributed by atoms with van der Waals surface area (Å²) in [7, 11) is 0. The Balaban J connectivity index is 3.18. The standard InChI is InChI=1S/C18H36O2/c1-5-6-11-14-17(19)20-16-13-10-8-7-9-12-15-18(2,3)4/h5-16H2,1-4H3. The molecule has 0 aromatic rings. The first kappa shape index (κ1) is 19.5. The van der Waals surface area contributed by atoms with Gasteiger partial charge in [-0.25, -0.2) is 0 Å². The zero-order chi connectivity index (χ0) is 15.3. The lowest BCUT2D eigenvalue weighted by Crippen LogP contribution is -2.05.